The Labute approximate surface area is 130 Å². The van der Waals surface area contributed by atoms with Crippen molar-refractivity contribution in [3.05, 3.63) is 28.8 Å². The summed E-state index contributed by atoms with van der Waals surface area (Å²) in [5.41, 5.74) is -4.48. The standard InChI is InChI=1S/C10H12ClNO2.CHF3O3S/c1-12(2,3)7-4-5-9(11)8(6-7)10(13)14;2-1(3,4)8(5,6)7/h4-6H,1-3H3;(H,5,6,7)/p+1. The summed E-state index contributed by atoms with van der Waals surface area (Å²) in [4.78, 5) is 10.8. The highest BCUT2D eigenvalue weighted by Gasteiger charge is 2.44. The minimum atomic E-state index is -5.84. The Hall–Kier alpha value is -1.36. The number of benzene rings is 1. The van der Waals surface area contributed by atoms with Crippen LogP contribution >= 0.6 is 11.6 Å². The van der Waals surface area contributed by atoms with Crippen LogP contribution in [0.5, 0.6) is 0 Å². The highest BCUT2D eigenvalue weighted by atomic mass is 35.5. The molecule has 126 valence electrons. The minimum Gasteiger partial charge on any atom is -0.478 e. The molecule has 0 aromatic heterocycles. The first-order valence-electron chi connectivity index (χ1n) is 5.46. The quantitative estimate of drug-likeness (QED) is 0.478. The Bertz CT molecular complexity index is 653. The van der Waals surface area contributed by atoms with Crippen molar-refractivity contribution in [1.29, 1.82) is 0 Å². The van der Waals surface area contributed by atoms with E-state index in [1.54, 1.807) is 12.1 Å². The van der Waals surface area contributed by atoms with Crippen molar-refractivity contribution in [1.82, 2.24) is 4.48 Å². The monoisotopic (exact) mass is 364 g/mol. The Morgan fingerprint density at radius 2 is 1.64 bits per heavy atom. The number of hydrogen-bond donors (Lipinski definition) is 2. The lowest BCUT2D eigenvalue weighted by atomic mass is 10.2. The van der Waals surface area contributed by atoms with Crippen LogP contribution in [-0.4, -0.2) is 50.7 Å². The van der Waals surface area contributed by atoms with Gasteiger partial charge >= 0.3 is 21.6 Å². The molecule has 1 aromatic rings. The lowest BCUT2D eigenvalue weighted by molar-refractivity contribution is -0.0510. The van der Waals surface area contributed by atoms with E-state index in [-0.39, 0.29) is 10.6 Å². The van der Waals surface area contributed by atoms with Gasteiger partial charge in [-0.1, -0.05) is 11.6 Å². The Morgan fingerprint density at radius 3 is 1.91 bits per heavy atom. The number of aromatic carboxylic acids is 1. The third-order valence-electron chi connectivity index (χ3n) is 2.25. The molecule has 0 unspecified atom stereocenters. The molecule has 6 nitrogen and oxygen atoms in total. The van der Waals surface area contributed by atoms with Gasteiger partial charge in [-0.2, -0.15) is 21.6 Å². The molecular weight excluding hydrogens is 351 g/mol. The number of quaternary nitrogens is 1. The summed E-state index contributed by atoms with van der Waals surface area (Å²) in [5.74, 6) is -0.995. The van der Waals surface area contributed by atoms with Crippen molar-refractivity contribution < 1.29 is 36.0 Å². The van der Waals surface area contributed by atoms with Gasteiger partial charge in [-0.05, 0) is 6.07 Å². The molecule has 0 bridgehead atoms. The summed E-state index contributed by atoms with van der Waals surface area (Å²) in [6, 6.07) is 5.04. The maximum absolute atomic E-state index is 10.8. The molecule has 2 N–H and O–H groups in total. The zero-order valence-electron chi connectivity index (χ0n) is 11.7. The summed E-state index contributed by atoms with van der Waals surface area (Å²) in [7, 11) is 0.0611. The third kappa shape index (κ3) is 6.18. The van der Waals surface area contributed by atoms with Crippen LogP contribution in [0.25, 0.3) is 0 Å². The molecule has 11 heteroatoms. The van der Waals surface area contributed by atoms with Gasteiger partial charge in [0.25, 0.3) is 0 Å². The van der Waals surface area contributed by atoms with Crippen LogP contribution in [-0.2, 0) is 10.1 Å². The van der Waals surface area contributed by atoms with Gasteiger partial charge in [-0.15, -0.1) is 0 Å². The lowest BCUT2D eigenvalue weighted by Crippen LogP contribution is -2.34. The second kappa shape index (κ2) is 6.82. The van der Waals surface area contributed by atoms with Crippen LogP contribution in [0.15, 0.2) is 18.2 Å². The number of carbonyl (C=O) groups is 1. The zero-order valence-corrected chi connectivity index (χ0v) is 13.3. The second-order valence-electron chi connectivity index (χ2n) is 4.90. The summed E-state index contributed by atoms with van der Waals surface area (Å²) in [5, 5.41) is 9.14. The summed E-state index contributed by atoms with van der Waals surface area (Å²) < 4.78 is 58.1. The van der Waals surface area contributed by atoms with Crippen LogP contribution in [0.4, 0.5) is 18.9 Å². The molecule has 0 fully saturated rings. The number of nitrogens with zero attached hydrogens (tertiary/aromatic N) is 1. The summed E-state index contributed by atoms with van der Waals surface area (Å²) in [6.07, 6.45) is 0. The second-order valence-corrected chi connectivity index (χ2v) is 6.72. The molecule has 0 saturated heterocycles. The van der Waals surface area contributed by atoms with Gasteiger partial charge in [0.2, 0.25) is 0 Å². The van der Waals surface area contributed by atoms with E-state index in [0.29, 0.717) is 4.48 Å². The molecule has 0 aliphatic carbocycles. The largest absolute Gasteiger partial charge is 0.522 e. The Balaban J connectivity index is 0.000000472. The van der Waals surface area contributed by atoms with E-state index in [4.69, 9.17) is 29.7 Å². The fraction of sp³-hybridized carbons (Fsp3) is 0.364. The van der Waals surface area contributed by atoms with Gasteiger partial charge in [-0.3, -0.25) is 9.04 Å². The third-order valence-corrected chi connectivity index (χ3v) is 3.16. The molecule has 0 radical (unpaired) electrons. The van der Waals surface area contributed by atoms with E-state index < -0.39 is 21.6 Å². The van der Waals surface area contributed by atoms with E-state index in [2.05, 4.69) is 0 Å². The van der Waals surface area contributed by atoms with Crippen molar-refractivity contribution in [3.8, 4) is 0 Å². The Morgan fingerprint density at radius 1 is 1.23 bits per heavy atom. The average Bonchev–Trinajstić information content (AvgIpc) is 2.25. The molecule has 0 heterocycles. The van der Waals surface area contributed by atoms with Crippen LogP contribution in [0.1, 0.15) is 10.4 Å². The van der Waals surface area contributed by atoms with Crippen LogP contribution in [0, 0.1) is 0 Å². The smallest absolute Gasteiger partial charge is 0.478 e. The van der Waals surface area contributed by atoms with Gasteiger partial charge in [-0.25, -0.2) is 4.79 Å². The maximum atomic E-state index is 10.8. The van der Waals surface area contributed by atoms with E-state index >= 15 is 0 Å². The van der Waals surface area contributed by atoms with Crippen molar-refractivity contribution in [3.63, 3.8) is 0 Å². The van der Waals surface area contributed by atoms with Crippen molar-refractivity contribution in [2.45, 2.75) is 5.51 Å². The zero-order chi connectivity index (χ0) is 17.9. The number of alkyl halides is 3. The van der Waals surface area contributed by atoms with Gasteiger partial charge < -0.3 is 5.11 Å². The van der Waals surface area contributed by atoms with E-state index in [0.717, 1.165) is 5.69 Å². The Kier molecular flexibility index (Phi) is 6.40. The van der Waals surface area contributed by atoms with Crippen LogP contribution in [0.3, 0.4) is 0 Å². The number of carboxylic acids is 1. The van der Waals surface area contributed by atoms with Crippen molar-refractivity contribution in [2.75, 3.05) is 21.1 Å². The normalized spacial score (nSPS) is 12.4. The van der Waals surface area contributed by atoms with Gasteiger partial charge in [0.1, 0.15) is 5.69 Å². The fourth-order valence-corrected chi connectivity index (χ4v) is 1.29. The number of carboxylic acid groups (broad SMARTS) is 1. The highest BCUT2D eigenvalue weighted by molar-refractivity contribution is 7.86. The molecule has 0 aliphatic rings. The molecule has 0 atom stereocenters. The van der Waals surface area contributed by atoms with Gasteiger partial charge in [0.15, 0.2) is 0 Å². The van der Waals surface area contributed by atoms with E-state index in [1.807, 2.05) is 27.2 Å². The maximum Gasteiger partial charge on any atom is 0.522 e. The number of rotatable bonds is 2. The van der Waals surface area contributed by atoms with Gasteiger partial charge in [0.05, 0.1) is 31.7 Å². The first-order chi connectivity index (χ1) is 9.57. The molecule has 1 aromatic carbocycles. The molecular formula is C11H14ClF3NO5S+. The van der Waals surface area contributed by atoms with Gasteiger partial charge in [0, 0.05) is 12.1 Å². The predicted molar refractivity (Wildman–Crippen MR) is 75.6 cm³/mol. The molecule has 1 rings (SSSR count). The SMILES string of the molecule is C[N+](C)(C)c1ccc(Cl)c(C(=O)O)c1.O=S(=O)(O)C(F)(F)F. The topological polar surface area (TPSA) is 91.7 Å². The molecule has 22 heavy (non-hydrogen) atoms. The number of halogens is 4. The molecule has 0 saturated carbocycles. The van der Waals surface area contributed by atoms with Crippen molar-refractivity contribution in [2.24, 2.45) is 0 Å². The fourth-order valence-electron chi connectivity index (χ4n) is 1.09. The highest BCUT2D eigenvalue weighted by Crippen LogP contribution is 2.24. The summed E-state index contributed by atoms with van der Waals surface area (Å²) in [6.45, 7) is 0. The molecule has 0 aliphatic heterocycles. The average molecular weight is 365 g/mol. The first kappa shape index (κ1) is 20.6. The summed E-state index contributed by atoms with van der Waals surface area (Å²) >= 11 is 5.75. The predicted octanol–water partition coefficient (Wildman–Crippen LogP) is 2.63. The van der Waals surface area contributed by atoms with Crippen molar-refractivity contribution >= 4 is 33.4 Å². The van der Waals surface area contributed by atoms with E-state index in [9.17, 15) is 18.0 Å². The number of hydrogen-bond acceptors (Lipinski definition) is 3. The minimum absolute atomic E-state index is 0.150. The first-order valence-corrected chi connectivity index (χ1v) is 7.28. The molecule has 0 amide bonds. The van der Waals surface area contributed by atoms with E-state index in [1.165, 1.54) is 0 Å². The molecule has 0 spiro atoms. The lowest BCUT2D eigenvalue weighted by Gasteiger charge is -2.23. The van der Waals surface area contributed by atoms with Crippen LogP contribution < -0.4 is 4.48 Å². The van der Waals surface area contributed by atoms with Crippen LogP contribution in [0.2, 0.25) is 5.02 Å².